The van der Waals surface area contributed by atoms with Gasteiger partial charge in [-0.15, -0.1) is 0 Å². The lowest BCUT2D eigenvalue weighted by atomic mass is 9.97. The number of ether oxygens (including phenoxy) is 2. The van der Waals surface area contributed by atoms with Crippen molar-refractivity contribution in [3.05, 3.63) is 0 Å². The molecule has 0 saturated carbocycles. The van der Waals surface area contributed by atoms with Gasteiger partial charge in [-0.2, -0.15) is 0 Å². The number of carbonyl (C=O) groups is 1. The first-order valence-electron chi connectivity index (χ1n) is 6.37. The van der Waals surface area contributed by atoms with Gasteiger partial charge in [0.25, 0.3) is 0 Å². The molecule has 0 spiro atoms. The zero-order valence-electron chi connectivity index (χ0n) is 10.9. The van der Waals surface area contributed by atoms with Crippen molar-refractivity contribution in [2.75, 3.05) is 39.5 Å². The van der Waals surface area contributed by atoms with Gasteiger partial charge >= 0.3 is 0 Å². The van der Waals surface area contributed by atoms with Gasteiger partial charge in [0.1, 0.15) is 6.61 Å². The second kappa shape index (κ2) is 6.93. The molecule has 1 heterocycles. The van der Waals surface area contributed by atoms with Crippen molar-refractivity contribution in [1.29, 1.82) is 0 Å². The fraction of sp³-hybridized carbons (Fsp3) is 0.917. The highest BCUT2D eigenvalue weighted by Gasteiger charge is 2.27. The molecule has 100 valence electrons. The number of carbonyl (C=O) groups excluding carboxylic acids is 1. The number of amides is 1. The number of nitrogens with two attached hydrogens (primary N) is 1. The van der Waals surface area contributed by atoms with E-state index < -0.39 is 0 Å². The summed E-state index contributed by atoms with van der Waals surface area (Å²) in [6.07, 6.45) is 1.66. The topological polar surface area (TPSA) is 64.8 Å². The highest BCUT2D eigenvalue weighted by molar-refractivity contribution is 5.77. The van der Waals surface area contributed by atoms with Crippen molar-refractivity contribution in [3.8, 4) is 0 Å². The summed E-state index contributed by atoms with van der Waals surface area (Å²) in [6, 6.07) is 0. The summed E-state index contributed by atoms with van der Waals surface area (Å²) >= 11 is 0. The van der Waals surface area contributed by atoms with E-state index in [0.717, 1.165) is 12.8 Å². The molecule has 1 aliphatic rings. The number of nitrogens with zero attached hydrogens (tertiary/aromatic N) is 1. The van der Waals surface area contributed by atoms with Crippen LogP contribution in [0, 0.1) is 0 Å². The van der Waals surface area contributed by atoms with Crippen molar-refractivity contribution in [2.24, 2.45) is 5.73 Å². The molecule has 2 N–H and O–H groups in total. The summed E-state index contributed by atoms with van der Waals surface area (Å²) in [6.45, 7) is 7.22. The van der Waals surface area contributed by atoms with E-state index in [1.54, 1.807) is 4.90 Å². The summed E-state index contributed by atoms with van der Waals surface area (Å²) < 4.78 is 10.9. The predicted molar refractivity (Wildman–Crippen MR) is 65.7 cm³/mol. The van der Waals surface area contributed by atoms with Crippen molar-refractivity contribution in [2.45, 2.75) is 32.3 Å². The zero-order valence-corrected chi connectivity index (χ0v) is 10.9. The molecule has 1 saturated heterocycles. The molecule has 1 rings (SSSR count). The van der Waals surface area contributed by atoms with Crippen molar-refractivity contribution >= 4 is 5.91 Å². The maximum Gasteiger partial charge on any atom is 0.248 e. The van der Waals surface area contributed by atoms with E-state index in [-0.39, 0.29) is 18.1 Å². The Morgan fingerprint density at radius 1 is 1.35 bits per heavy atom. The Hall–Kier alpha value is -0.650. The van der Waals surface area contributed by atoms with Crippen LogP contribution in [0.25, 0.3) is 0 Å². The van der Waals surface area contributed by atoms with Crippen LogP contribution in [0.3, 0.4) is 0 Å². The lowest BCUT2D eigenvalue weighted by Gasteiger charge is -2.32. The second-order valence-electron chi connectivity index (χ2n) is 4.38. The Morgan fingerprint density at radius 3 is 2.41 bits per heavy atom. The van der Waals surface area contributed by atoms with E-state index in [0.29, 0.717) is 32.8 Å². The van der Waals surface area contributed by atoms with Gasteiger partial charge in [0.2, 0.25) is 5.91 Å². The van der Waals surface area contributed by atoms with Crippen LogP contribution >= 0.6 is 0 Å². The Bertz CT molecular complexity index is 228. The quantitative estimate of drug-likeness (QED) is 0.733. The molecule has 5 heteroatoms. The molecule has 0 atom stereocenters. The fourth-order valence-electron chi connectivity index (χ4n) is 1.92. The van der Waals surface area contributed by atoms with E-state index in [2.05, 4.69) is 0 Å². The van der Waals surface area contributed by atoms with E-state index in [1.807, 2.05) is 13.8 Å². The van der Waals surface area contributed by atoms with E-state index in [1.165, 1.54) is 0 Å². The number of hydrogen-bond acceptors (Lipinski definition) is 4. The summed E-state index contributed by atoms with van der Waals surface area (Å²) in [5, 5.41) is 0. The maximum absolute atomic E-state index is 11.9. The van der Waals surface area contributed by atoms with Crippen molar-refractivity contribution < 1.29 is 14.3 Å². The van der Waals surface area contributed by atoms with Crippen molar-refractivity contribution in [1.82, 2.24) is 4.90 Å². The molecule has 0 aromatic rings. The van der Waals surface area contributed by atoms with Crippen LogP contribution in [0.4, 0.5) is 0 Å². The van der Waals surface area contributed by atoms with Gasteiger partial charge < -0.3 is 20.1 Å². The molecule has 5 nitrogen and oxygen atoms in total. The highest BCUT2D eigenvalue weighted by atomic mass is 16.5. The molecule has 1 fully saturated rings. The molecular formula is C12H24N2O3. The minimum absolute atomic E-state index is 0.0352. The van der Waals surface area contributed by atoms with Gasteiger partial charge in [0.05, 0.1) is 18.8 Å². The third-order valence-corrected chi connectivity index (χ3v) is 3.53. The first-order valence-corrected chi connectivity index (χ1v) is 6.37. The van der Waals surface area contributed by atoms with E-state index in [4.69, 9.17) is 15.2 Å². The van der Waals surface area contributed by atoms with Gasteiger partial charge in [-0.1, -0.05) is 13.8 Å². The maximum atomic E-state index is 11.9. The van der Waals surface area contributed by atoms with Crippen LogP contribution in [0.2, 0.25) is 0 Å². The summed E-state index contributed by atoms with van der Waals surface area (Å²) in [5.41, 5.74) is 5.38. The molecule has 0 aromatic heterocycles. The van der Waals surface area contributed by atoms with Crippen LogP contribution < -0.4 is 5.73 Å². The average Bonchev–Trinajstić information content (AvgIpc) is 2.41. The molecule has 0 radical (unpaired) electrons. The minimum Gasteiger partial charge on any atom is -0.378 e. The average molecular weight is 244 g/mol. The monoisotopic (exact) mass is 244 g/mol. The SMILES string of the molecule is CCC(CC)(CN)OCC(=O)N1CCOCC1. The Labute approximate surface area is 103 Å². The molecule has 0 aromatic carbocycles. The smallest absolute Gasteiger partial charge is 0.248 e. The molecule has 0 aliphatic carbocycles. The Morgan fingerprint density at radius 2 is 1.94 bits per heavy atom. The van der Waals surface area contributed by atoms with E-state index >= 15 is 0 Å². The standard InChI is InChI=1S/C12H24N2O3/c1-3-12(4-2,10-13)17-9-11(15)14-5-7-16-8-6-14/h3-10,13H2,1-2H3. The Kier molecular flexibility index (Phi) is 5.88. The van der Waals surface area contributed by atoms with Crippen LogP contribution in [-0.2, 0) is 14.3 Å². The predicted octanol–water partition coefficient (Wildman–Crippen LogP) is 0.379. The van der Waals surface area contributed by atoms with Gasteiger partial charge in [0, 0.05) is 19.6 Å². The van der Waals surface area contributed by atoms with Gasteiger partial charge in [-0.05, 0) is 12.8 Å². The number of rotatable bonds is 6. The first kappa shape index (κ1) is 14.4. The fourth-order valence-corrected chi connectivity index (χ4v) is 1.92. The second-order valence-corrected chi connectivity index (χ2v) is 4.38. The lowest BCUT2D eigenvalue weighted by molar-refractivity contribution is -0.147. The van der Waals surface area contributed by atoms with Crippen LogP contribution in [0.15, 0.2) is 0 Å². The molecule has 17 heavy (non-hydrogen) atoms. The summed E-state index contributed by atoms with van der Waals surface area (Å²) in [5.74, 6) is 0.0352. The zero-order chi connectivity index (χ0) is 12.7. The first-order chi connectivity index (χ1) is 8.17. The van der Waals surface area contributed by atoms with Gasteiger partial charge in [-0.25, -0.2) is 0 Å². The lowest BCUT2D eigenvalue weighted by Crippen LogP contribution is -2.46. The van der Waals surface area contributed by atoms with Crippen LogP contribution in [0.5, 0.6) is 0 Å². The molecule has 1 amide bonds. The summed E-state index contributed by atoms with van der Waals surface area (Å²) in [7, 11) is 0. The molecule has 1 aliphatic heterocycles. The van der Waals surface area contributed by atoms with Gasteiger partial charge in [-0.3, -0.25) is 4.79 Å². The highest BCUT2D eigenvalue weighted by Crippen LogP contribution is 2.18. The largest absolute Gasteiger partial charge is 0.378 e. The van der Waals surface area contributed by atoms with E-state index in [9.17, 15) is 4.79 Å². The van der Waals surface area contributed by atoms with Crippen LogP contribution in [-0.4, -0.2) is 55.9 Å². The van der Waals surface area contributed by atoms with Gasteiger partial charge in [0.15, 0.2) is 0 Å². The van der Waals surface area contributed by atoms with Crippen LogP contribution in [0.1, 0.15) is 26.7 Å². The number of hydrogen-bond donors (Lipinski definition) is 1. The Balaban J connectivity index is 2.40. The minimum atomic E-state index is -0.345. The molecule has 0 unspecified atom stereocenters. The molecule has 0 bridgehead atoms. The normalized spacial score (nSPS) is 17.2. The summed E-state index contributed by atoms with van der Waals surface area (Å²) in [4.78, 5) is 13.7. The molecular weight excluding hydrogens is 220 g/mol. The van der Waals surface area contributed by atoms with Crippen molar-refractivity contribution in [3.63, 3.8) is 0 Å². The number of morpholine rings is 1. The third kappa shape index (κ3) is 3.94. The third-order valence-electron chi connectivity index (χ3n) is 3.53.